The van der Waals surface area contributed by atoms with Crippen LogP contribution in [0.2, 0.25) is 5.02 Å². The molecule has 0 saturated carbocycles. The number of hydrogen-bond donors (Lipinski definition) is 2. The summed E-state index contributed by atoms with van der Waals surface area (Å²) in [7, 11) is 0. The molecule has 21 heavy (non-hydrogen) atoms. The highest BCUT2D eigenvalue weighted by Crippen LogP contribution is 2.38. The quantitative estimate of drug-likeness (QED) is 0.891. The number of imidazole rings is 1. The normalized spacial score (nSPS) is 15.0. The molecule has 112 valence electrons. The van der Waals surface area contributed by atoms with Gasteiger partial charge in [0.2, 0.25) is 0 Å². The summed E-state index contributed by atoms with van der Waals surface area (Å²) in [5.41, 5.74) is 1.06. The van der Waals surface area contributed by atoms with Crippen LogP contribution in [0.15, 0.2) is 24.5 Å². The van der Waals surface area contributed by atoms with Gasteiger partial charge in [-0.1, -0.05) is 18.5 Å². The molecule has 0 aliphatic carbocycles. The highest BCUT2D eigenvalue weighted by atomic mass is 35.5. The first-order chi connectivity index (χ1) is 10.3. The predicted molar refractivity (Wildman–Crippen MR) is 80.9 cm³/mol. The fraction of sp³-hybridized carbons (Fsp3) is 0.400. The zero-order valence-corrected chi connectivity index (χ0v) is 12.6. The first-order valence-electron chi connectivity index (χ1n) is 7.08. The zero-order valence-electron chi connectivity index (χ0n) is 11.9. The van der Waals surface area contributed by atoms with Crippen LogP contribution in [0.25, 0.3) is 0 Å². The van der Waals surface area contributed by atoms with Gasteiger partial charge in [0.25, 0.3) is 0 Å². The summed E-state index contributed by atoms with van der Waals surface area (Å²) in [4.78, 5) is 7.44. The van der Waals surface area contributed by atoms with Crippen LogP contribution in [0.4, 0.5) is 0 Å². The van der Waals surface area contributed by atoms with Crippen molar-refractivity contribution in [2.75, 3.05) is 13.2 Å². The van der Waals surface area contributed by atoms with Crippen molar-refractivity contribution in [2.45, 2.75) is 25.9 Å². The van der Waals surface area contributed by atoms with Crippen molar-refractivity contribution in [3.63, 3.8) is 0 Å². The molecule has 0 amide bonds. The average molecular weight is 308 g/mol. The minimum atomic E-state index is 0.187. The molecule has 5 nitrogen and oxygen atoms in total. The second-order valence-electron chi connectivity index (χ2n) is 4.92. The number of aromatic nitrogens is 2. The Morgan fingerprint density at radius 1 is 1.38 bits per heavy atom. The average Bonchev–Trinajstić information content (AvgIpc) is 3.02. The van der Waals surface area contributed by atoms with E-state index in [1.54, 1.807) is 6.20 Å². The maximum atomic E-state index is 6.24. The van der Waals surface area contributed by atoms with Crippen molar-refractivity contribution in [3.8, 4) is 11.5 Å². The van der Waals surface area contributed by atoms with Crippen LogP contribution < -0.4 is 14.8 Å². The van der Waals surface area contributed by atoms with Crippen molar-refractivity contribution >= 4 is 11.6 Å². The maximum absolute atomic E-state index is 6.24. The fourth-order valence-electron chi connectivity index (χ4n) is 2.41. The lowest BCUT2D eigenvalue weighted by Gasteiger charge is -2.21. The van der Waals surface area contributed by atoms with E-state index in [0.29, 0.717) is 30.5 Å². The van der Waals surface area contributed by atoms with E-state index in [2.05, 4.69) is 22.2 Å². The monoisotopic (exact) mass is 307 g/mol. The third-order valence-electron chi connectivity index (χ3n) is 3.47. The summed E-state index contributed by atoms with van der Waals surface area (Å²) in [5.74, 6) is 2.31. The molecule has 0 saturated heterocycles. The number of hydrogen-bond acceptors (Lipinski definition) is 4. The van der Waals surface area contributed by atoms with Crippen LogP contribution >= 0.6 is 11.6 Å². The lowest BCUT2D eigenvalue weighted by atomic mass is 10.1. The number of fused-ring (bicyclic) bond motifs is 1. The number of rotatable bonds is 5. The van der Waals surface area contributed by atoms with E-state index in [1.165, 1.54) is 0 Å². The third kappa shape index (κ3) is 3.14. The van der Waals surface area contributed by atoms with Crippen LogP contribution in [0.1, 0.15) is 30.8 Å². The third-order valence-corrected chi connectivity index (χ3v) is 3.75. The molecular formula is C15H18ClN3O2. The molecule has 0 spiro atoms. The Balaban J connectivity index is 1.71. The van der Waals surface area contributed by atoms with Crippen molar-refractivity contribution in [2.24, 2.45) is 0 Å². The van der Waals surface area contributed by atoms with Crippen LogP contribution in [0.5, 0.6) is 11.5 Å². The summed E-state index contributed by atoms with van der Waals surface area (Å²) in [6.45, 7) is 3.91. The van der Waals surface area contributed by atoms with Gasteiger partial charge in [-0.25, -0.2) is 4.98 Å². The van der Waals surface area contributed by atoms with Gasteiger partial charge in [0, 0.05) is 18.9 Å². The first-order valence-corrected chi connectivity index (χ1v) is 7.46. The van der Waals surface area contributed by atoms with E-state index >= 15 is 0 Å². The number of benzene rings is 1. The SMILES string of the molecule is CCC(NCc1cc(Cl)c2c(c1)OCCO2)c1ncc[nH]1. The molecule has 1 unspecified atom stereocenters. The Kier molecular flexibility index (Phi) is 4.31. The van der Waals surface area contributed by atoms with Gasteiger partial charge in [0.05, 0.1) is 11.1 Å². The summed E-state index contributed by atoms with van der Waals surface area (Å²) in [6.07, 6.45) is 4.55. The fourth-order valence-corrected chi connectivity index (χ4v) is 2.70. The zero-order chi connectivity index (χ0) is 14.7. The van der Waals surface area contributed by atoms with Crippen LogP contribution in [0.3, 0.4) is 0 Å². The van der Waals surface area contributed by atoms with Gasteiger partial charge in [-0.15, -0.1) is 0 Å². The van der Waals surface area contributed by atoms with Gasteiger partial charge < -0.3 is 19.8 Å². The number of nitrogens with one attached hydrogen (secondary N) is 2. The van der Waals surface area contributed by atoms with E-state index in [1.807, 2.05) is 18.3 Å². The maximum Gasteiger partial charge on any atom is 0.179 e. The first kappa shape index (κ1) is 14.2. The molecular weight excluding hydrogens is 290 g/mol. The molecule has 2 N–H and O–H groups in total. The number of halogens is 1. The number of nitrogens with zero attached hydrogens (tertiary/aromatic N) is 1. The van der Waals surface area contributed by atoms with Crippen LogP contribution in [0, 0.1) is 0 Å². The molecule has 6 heteroatoms. The molecule has 1 atom stereocenters. The minimum Gasteiger partial charge on any atom is -0.486 e. The Bertz CT molecular complexity index is 601. The molecule has 2 aromatic rings. The number of H-pyrrole nitrogens is 1. The summed E-state index contributed by atoms with van der Waals surface area (Å²) in [5, 5.41) is 4.07. The highest BCUT2D eigenvalue weighted by molar-refractivity contribution is 6.32. The van der Waals surface area contributed by atoms with Gasteiger partial charge in [0.15, 0.2) is 11.5 Å². The van der Waals surface area contributed by atoms with Crippen LogP contribution in [-0.4, -0.2) is 23.2 Å². The Morgan fingerprint density at radius 3 is 3.00 bits per heavy atom. The summed E-state index contributed by atoms with van der Waals surface area (Å²) < 4.78 is 11.1. The Labute approximate surface area is 128 Å². The molecule has 1 aliphatic heterocycles. The molecule has 1 aliphatic rings. The highest BCUT2D eigenvalue weighted by Gasteiger charge is 2.17. The van der Waals surface area contributed by atoms with E-state index in [-0.39, 0.29) is 6.04 Å². The van der Waals surface area contributed by atoms with Gasteiger partial charge >= 0.3 is 0 Å². The Hall–Kier alpha value is -1.72. The van der Waals surface area contributed by atoms with Gasteiger partial charge in [-0.2, -0.15) is 0 Å². The van der Waals surface area contributed by atoms with Crippen molar-refractivity contribution < 1.29 is 9.47 Å². The molecule has 3 rings (SSSR count). The number of ether oxygens (including phenoxy) is 2. The standard InChI is InChI=1S/C15H18ClN3O2/c1-2-12(15-17-3-4-18-15)19-9-10-7-11(16)14-13(8-10)20-5-6-21-14/h3-4,7-8,12,19H,2,5-6,9H2,1H3,(H,17,18). The van der Waals surface area contributed by atoms with Gasteiger partial charge in [-0.05, 0) is 24.1 Å². The lowest BCUT2D eigenvalue weighted by Crippen LogP contribution is -2.22. The Morgan fingerprint density at radius 2 is 2.24 bits per heavy atom. The summed E-state index contributed by atoms with van der Waals surface area (Å²) >= 11 is 6.24. The molecule has 2 heterocycles. The second-order valence-corrected chi connectivity index (χ2v) is 5.33. The topological polar surface area (TPSA) is 59.2 Å². The molecule has 1 aromatic heterocycles. The van der Waals surface area contributed by atoms with Crippen molar-refractivity contribution in [1.82, 2.24) is 15.3 Å². The predicted octanol–water partition coefficient (Wildman–Crippen LogP) is 3.08. The molecule has 0 radical (unpaired) electrons. The molecule has 1 aromatic carbocycles. The lowest BCUT2D eigenvalue weighted by molar-refractivity contribution is 0.171. The van der Waals surface area contributed by atoms with Crippen molar-refractivity contribution in [3.05, 3.63) is 40.9 Å². The number of aromatic amines is 1. The van der Waals surface area contributed by atoms with E-state index < -0.39 is 0 Å². The minimum absolute atomic E-state index is 0.187. The molecule has 0 fully saturated rings. The van der Waals surface area contributed by atoms with E-state index in [4.69, 9.17) is 21.1 Å². The van der Waals surface area contributed by atoms with Gasteiger partial charge in [0.1, 0.15) is 19.0 Å². The molecule has 0 bridgehead atoms. The van der Waals surface area contributed by atoms with Crippen molar-refractivity contribution in [1.29, 1.82) is 0 Å². The van der Waals surface area contributed by atoms with Crippen LogP contribution in [-0.2, 0) is 6.54 Å². The summed E-state index contributed by atoms with van der Waals surface area (Å²) in [6, 6.07) is 4.08. The van der Waals surface area contributed by atoms with E-state index in [9.17, 15) is 0 Å². The smallest absolute Gasteiger partial charge is 0.179 e. The van der Waals surface area contributed by atoms with E-state index in [0.717, 1.165) is 23.6 Å². The second kappa shape index (κ2) is 6.37. The largest absolute Gasteiger partial charge is 0.486 e. The van der Waals surface area contributed by atoms with Gasteiger partial charge in [-0.3, -0.25) is 0 Å².